The molecule has 5 atom stereocenters. The second kappa shape index (κ2) is 4.94. The Kier molecular flexibility index (Phi) is 3.21. The van der Waals surface area contributed by atoms with Crippen molar-refractivity contribution in [1.82, 2.24) is 0 Å². The Morgan fingerprint density at radius 2 is 2.04 bits per heavy atom. The third-order valence-corrected chi connectivity index (χ3v) is 6.99. The van der Waals surface area contributed by atoms with Crippen molar-refractivity contribution in [1.29, 1.82) is 0 Å². The van der Waals surface area contributed by atoms with Gasteiger partial charge in [0.15, 0.2) is 5.75 Å². The molecule has 5 heteroatoms. The molecule has 0 heterocycles. The lowest BCUT2D eigenvalue weighted by atomic mass is 9.55. The summed E-state index contributed by atoms with van der Waals surface area (Å²) in [7, 11) is 0. The first-order valence-electron chi connectivity index (χ1n) is 8.60. The van der Waals surface area contributed by atoms with E-state index in [0.29, 0.717) is 24.2 Å². The maximum atomic E-state index is 11.3. The second-order valence-electron chi connectivity index (χ2n) is 7.81. The minimum Gasteiger partial charge on any atom is -0.502 e. The van der Waals surface area contributed by atoms with Crippen LogP contribution in [0.15, 0.2) is 12.1 Å². The fraction of sp³-hybridized carbons (Fsp3) is 0.667. The number of benzene rings is 1. The molecule has 2 fully saturated rings. The quantitative estimate of drug-likeness (QED) is 0.613. The summed E-state index contributed by atoms with van der Waals surface area (Å²) in [6.45, 7) is 2.22. The van der Waals surface area contributed by atoms with Crippen LogP contribution in [-0.4, -0.2) is 21.2 Å². The van der Waals surface area contributed by atoms with Crippen molar-refractivity contribution in [2.24, 2.45) is 17.3 Å². The minimum atomic E-state index is -0.444. The zero-order valence-corrected chi connectivity index (χ0v) is 13.4. The van der Waals surface area contributed by atoms with Gasteiger partial charge >= 0.3 is 5.69 Å². The predicted octanol–water partition coefficient (Wildman–Crippen LogP) is 3.52. The van der Waals surface area contributed by atoms with Gasteiger partial charge in [0.05, 0.1) is 11.0 Å². The van der Waals surface area contributed by atoms with Crippen molar-refractivity contribution in [2.75, 3.05) is 0 Å². The fourth-order valence-electron chi connectivity index (χ4n) is 5.81. The molecule has 0 saturated heterocycles. The van der Waals surface area contributed by atoms with Gasteiger partial charge in [-0.15, -0.1) is 0 Å². The molecule has 3 aliphatic carbocycles. The monoisotopic (exact) mass is 317 g/mol. The highest BCUT2D eigenvalue weighted by atomic mass is 16.6. The van der Waals surface area contributed by atoms with E-state index in [1.807, 2.05) is 6.07 Å². The third-order valence-electron chi connectivity index (χ3n) is 6.99. The molecule has 124 valence electrons. The van der Waals surface area contributed by atoms with Gasteiger partial charge in [0.25, 0.3) is 0 Å². The fourth-order valence-corrected chi connectivity index (χ4v) is 5.81. The summed E-state index contributed by atoms with van der Waals surface area (Å²) in [5.41, 5.74) is 1.72. The van der Waals surface area contributed by atoms with Crippen LogP contribution in [0, 0.1) is 27.4 Å². The van der Waals surface area contributed by atoms with E-state index < -0.39 is 4.92 Å². The summed E-state index contributed by atoms with van der Waals surface area (Å²) in [5.74, 6) is 1.13. The first-order chi connectivity index (χ1) is 10.9. The molecule has 0 amide bonds. The van der Waals surface area contributed by atoms with Crippen molar-refractivity contribution >= 4 is 5.69 Å². The average molecular weight is 317 g/mol. The highest BCUT2D eigenvalue weighted by Crippen LogP contribution is 2.61. The molecule has 0 unspecified atom stereocenters. The molecular weight excluding hydrogens is 294 g/mol. The van der Waals surface area contributed by atoms with Crippen LogP contribution in [0.2, 0.25) is 0 Å². The highest BCUT2D eigenvalue weighted by Gasteiger charge is 2.54. The number of rotatable bonds is 1. The first kappa shape index (κ1) is 14.9. The topological polar surface area (TPSA) is 83.6 Å². The van der Waals surface area contributed by atoms with Gasteiger partial charge in [-0.1, -0.05) is 13.0 Å². The van der Waals surface area contributed by atoms with Crippen molar-refractivity contribution in [3.05, 3.63) is 33.4 Å². The number of hydrogen-bond acceptors (Lipinski definition) is 4. The summed E-state index contributed by atoms with van der Waals surface area (Å²) in [5, 5.41) is 31.6. The number of fused-ring (bicyclic) bond motifs is 5. The molecule has 5 nitrogen and oxygen atoms in total. The molecule has 0 radical (unpaired) electrons. The number of aromatic hydroxyl groups is 1. The largest absolute Gasteiger partial charge is 0.502 e. The molecule has 0 spiro atoms. The number of nitro benzene ring substituents is 1. The number of hydrogen-bond donors (Lipinski definition) is 2. The molecule has 2 saturated carbocycles. The molecule has 0 aromatic heterocycles. The van der Waals surface area contributed by atoms with Gasteiger partial charge < -0.3 is 10.2 Å². The van der Waals surface area contributed by atoms with Crippen LogP contribution in [0.3, 0.4) is 0 Å². The Labute approximate surface area is 135 Å². The molecular formula is C18H23NO4. The van der Waals surface area contributed by atoms with Crippen molar-refractivity contribution in [2.45, 2.75) is 57.5 Å². The summed E-state index contributed by atoms with van der Waals surface area (Å²) in [4.78, 5) is 10.9. The van der Waals surface area contributed by atoms with Crippen LogP contribution in [-0.2, 0) is 6.42 Å². The van der Waals surface area contributed by atoms with E-state index in [0.717, 1.165) is 43.2 Å². The normalized spacial score (nSPS) is 38.5. The maximum Gasteiger partial charge on any atom is 0.314 e. The van der Waals surface area contributed by atoms with Crippen LogP contribution in [0.5, 0.6) is 5.75 Å². The number of aliphatic hydroxyl groups is 1. The lowest BCUT2D eigenvalue weighted by Crippen LogP contribution is -2.44. The van der Waals surface area contributed by atoms with Crippen molar-refractivity contribution < 1.29 is 15.1 Å². The van der Waals surface area contributed by atoms with Gasteiger partial charge in [-0.3, -0.25) is 10.1 Å². The summed E-state index contributed by atoms with van der Waals surface area (Å²) < 4.78 is 0. The van der Waals surface area contributed by atoms with Gasteiger partial charge in [-0.2, -0.15) is 0 Å². The second-order valence-corrected chi connectivity index (χ2v) is 7.81. The minimum absolute atomic E-state index is 0.0154. The standard InChI is InChI=1S/C18H23NO4/c1-18-9-8-11-10-4-6-15(20)17(19(22)23)13(10)3-2-12(11)14(18)5-7-16(18)21/h4,6,11-12,14,16,20-21H,2-3,5,7-9H2,1H3/t11-,12-,14+,16+,18+/m1/s1. The molecule has 2 N–H and O–H groups in total. The van der Waals surface area contributed by atoms with E-state index >= 15 is 0 Å². The van der Waals surface area contributed by atoms with Crippen LogP contribution in [0.4, 0.5) is 5.69 Å². The average Bonchev–Trinajstić information content (AvgIpc) is 2.82. The van der Waals surface area contributed by atoms with Gasteiger partial charge in [-0.05, 0) is 73.3 Å². The molecule has 3 aliphatic rings. The predicted molar refractivity (Wildman–Crippen MR) is 85.4 cm³/mol. The zero-order chi connectivity index (χ0) is 16.4. The Morgan fingerprint density at radius 3 is 2.78 bits per heavy atom. The summed E-state index contributed by atoms with van der Waals surface area (Å²) in [6.07, 6.45) is 5.28. The molecule has 1 aromatic carbocycles. The molecule has 0 aliphatic heterocycles. The van der Waals surface area contributed by atoms with E-state index in [1.165, 1.54) is 6.07 Å². The number of nitrogens with zero attached hydrogens (tertiary/aromatic N) is 1. The van der Waals surface area contributed by atoms with Crippen LogP contribution >= 0.6 is 0 Å². The Bertz CT molecular complexity index is 673. The third kappa shape index (κ3) is 1.95. The number of phenols is 1. The Hall–Kier alpha value is -1.62. The van der Waals surface area contributed by atoms with Gasteiger partial charge in [0.2, 0.25) is 0 Å². The van der Waals surface area contributed by atoms with Crippen LogP contribution in [0.1, 0.15) is 56.1 Å². The van der Waals surface area contributed by atoms with E-state index in [9.17, 15) is 20.3 Å². The maximum absolute atomic E-state index is 11.3. The Balaban J connectivity index is 1.76. The number of nitro groups is 1. The van der Waals surface area contributed by atoms with E-state index in [4.69, 9.17) is 0 Å². The molecule has 0 bridgehead atoms. The smallest absolute Gasteiger partial charge is 0.314 e. The number of aliphatic hydroxyl groups excluding tert-OH is 1. The highest BCUT2D eigenvalue weighted by molar-refractivity contribution is 5.57. The summed E-state index contributed by atoms with van der Waals surface area (Å²) in [6, 6.07) is 3.37. The van der Waals surface area contributed by atoms with Gasteiger partial charge in [0.1, 0.15) is 0 Å². The van der Waals surface area contributed by atoms with E-state index in [-0.39, 0.29) is 23.0 Å². The lowest BCUT2D eigenvalue weighted by molar-refractivity contribution is -0.386. The van der Waals surface area contributed by atoms with Gasteiger partial charge in [0, 0.05) is 5.56 Å². The van der Waals surface area contributed by atoms with E-state index in [2.05, 4.69) is 6.92 Å². The van der Waals surface area contributed by atoms with Crippen molar-refractivity contribution in [3.63, 3.8) is 0 Å². The first-order valence-corrected chi connectivity index (χ1v) is 8.60. The summed E-state index contributed by atoms with van der Waals surface area (Å²) >= 11 is 0. The zero-order valence-electron chi connectivity index (χ0n) is 13.4. The number of phenolic OH excluding ortho intramolecular Hbond substituents is 1. The Morgan fingerprint density at radius 1 is 1.26 bits per heavy atom. The van der Waals surface area contributed by atoms with E-state index in [1.54, 1.807) is 0 Å². The lowest BCUT2D eigenvalue weighted by Gasteiger charge is -2.49. The van der Waals surface area contributed by atoms with Crippen LogP contribution < -0.4 is 0 Å². The van der Waals surface area contributed by atoms with Gasteiger partial charge in [-0.25, -0.2) is 0 Å². The molecule has 1 aromatic rings. The molecule has 4 rings (SSSR count). The molecule has 23 heavy (non-hydrogen) atoms. The SMILES string of the molecule is C[C@]12CC[C@@H]3c4ccc(O)c([N+](=O)[O-])c4CC[C@H]3[C@@H]1CC[C@@H]2O. The van der Waals surface area contributed by atoms with Crippen molar-refractivity contribution in [3.8, 4) is 5.75 Å². The van der Waals surface area contributed by atoms with Crippen LogP contribution in [0.25, 0.3) is 0 Å².